The van der Waals surface area contributed by atoms with Crippen molar-refractivity contribution in [3.05, 3.63) is 35.2 Å². The van der Waals surface area contributed by atoms with Crippen molar-refractivity contribution in [1.82, 2.24) is 4.98 Å². The van der Waals surface area contributed by atoms with Gasteiger partial charge in [0.25, 0.3) is 0 Å². The normalized spacial score (nSPS) is 15.0. The summed E-state index contributed by atoms with van der Waals surface area (Å²) in [5.74, 6) is 0.322. The average Bonchev–Trinajstić information content (AvgIpc) is 2.76. The van der Waals surface area contributed by atoms with Crippen LogP contribution < -0.4 is 5.32 Å². The second-order valence-electron chi connectivity index (χ2n) is 5.02. The zero-order valence-corrected chi connectivity index (χ0v) is 11.7. The highest BCUT2D eigenvalue weighted by Gasteiger charge is 2.25. The minimum absolute atomic E-state index is 0.121. The van der Waals surface area contributed by atoms with E-state index in [1.54, 1.807) is 0 Å². The van der Waals surface area contributed by atoms with Gasteiger partial charge >= 0.3 is 0 Å². The second kappa shape index (κ2) is 5.13. The van der Waals surface area contributed by atoms with Crippen molar-refractivity contribution in [2.24, 2.45) is 5.92 Å². The van der Waals surface area contributed by atoms with Gasteiger partial charge in [-0.1, -0.05) is 36.2 Å². The van der Waals surface area contributed by atoms with E-state index in [1.165, 1.54) is 23.3 Å². The molecule has 1 aromatic carbocycles. The lowest BCUT2D eigenvalue weighted by Crippen LogP contribution is -2.27. The van der Waals surface area contributed by atoms with Gasteiger partial charge in [0, 0.05) is 16.9 Å². The largest absolute Gasteiger partial charge is 0.302 e. The SMILES string of the molecule is Cc1ccc(-c2csc(NC(=O)C3CCC3)n2)cc1. The molecule has 0 atom stereocenters. The van der Waals surface area contributed by atoms with Crippen LogP contribution in [0.4, 0.5) is 5.13 Å². The summed E-state index contributed by atoms with van der Waals surface area (Å²) in [6, 6.07) is 8.26. The molecule has 1 saturated carbocycles. The zero-order valence-electron chi connectivity index (χ0n) is 10.8. The van der Waals surface area contributed by atoms with Crippen molar-refractivity contribution in [2.75, 3.05) is 5.32 Å². The molecule has 1 N–H and O–H groups in total. The highest BCUT2D eigenvalue weighted by Crippen LogP contribution is 2.29. The van der Waals surface area contributed by atoms with E-state index in [0.29, 0.717) is 5.13 Å². The Morgan fingerprint density at radius 2 is 2.05 bits per heavy atom. The Hall–Kier alpha value is -1.68. The summed E-state index contributed by atoms with van der Waals surface area (Å²) < 4.78 is 0. The summed E-state index contributed by atoms with van der Waals surface area (Å²) in [6.45, 7) is 2.06. The van der Waals surface area contributed by atoms with Crippen LogP contribution in [0.1, 0.15) is 24.8 Å². The van der Waals surface area contributed by atoms with E-state index < -0.39 is 0 Å². The molecule has 0 spiro atoms. The Morgan fingerprint density at radius 3 is 2.68 bits per heavy atom. The average molecular weight is 272 g/mol. The predicted octanol–water partition coefficient (Wildman–Crippen LogP) is 3.86. The minimum atomic E-state index is 0.121. The summed E-state index contributed by atoms with van der Waals surface area (Å²) in [7, 11) is 0. The first-order chi connectivity index (χ1) is 9.22. The van der Waals surface area contributed by atoms with Crippen LogP contribution in [0.25, 0.3) is 11.3 Å². The number of anilines is 1. The van der Waals surface area contributed by atoms with Crippen LogP contribution in [0.2, 0.25) is 0 Å². The number of aryl methyl sites for hydroxylation is 1. The molecule has 1 amide bonds. The summed E-state index contributed by atoms with van der Waals surface area (Å²) >= 11 is 1.49. The molecule has 0 bridgehead atoms. The first-order valence-electron chi connectivity index (χ1n) is 6.56. The Kier molecular flexibility index (Phi) is 3.34. The molecule has 0 radical (unpaired) electrons. The minimum Gasteiger partial charge on any atom is -0.302 e. The van der Waals surface area contributed by atoms with E-state index in [4.69, 9.17) is 0 Å². The number of nitrogens with zero attached hydrogens (tertiary/aromatic N) is 1. The van der Waals surface area contributed by atoms with Gasteiger partial charge in [-0.15, -0.1) is 11.3 Å². The lowest BCUT2D eigenvalue weighted by Gasteiger charge is -2.23. The summed E-state index contributed by atoms with van der Waals surface area (Å²) in [6.07, 6.45) is 3.20. The molecule has 1 heterocycles. The Bertz CT molecular complexity index is 584. The van der Waals surface area contributed by atoms with Gasteiger partial charge in [-0.25, -0.2) is 4.98 Å². The van der Waals surface area contributed by atoms with Gasteiger partial charge in [-0.05, 0) is 19.8 Å². The van der Waals surface area contributed by atoms with Gasteiger partial charge in [0.1, 0.15) is 0 Å². The molecule has 3 rings (SSSR count). The van der Waals surface area contributed by atoms with Gasteiger partial charge in [0.2, 0.25) is 5.91 Å². The van der Waals surface area contributed by atoms with Crippen LogP contribution >= 0.6 is 11.3 Å². The van der Waals surface area contributed by atoms with Crippen molar-refractivity contribution in [3.8, 4) is 11.3 Å². The van der Waals surface area contributed by atoms with E-state index in [-0.39, 0.29) is 11.8 Å². The van der Waals surface area contributed by atoms with Crippen molar-refractivity contribution in [3.63, 3.8) is 0 Å². The van der Waals surface area contributed by atoms with Crippen LogP contribution in [0, 0.1) is 12.8 Å². The van der Waals surface area contributed by atoms with Crippen molar-refractivity contribution < 1.29 is 4.79 Å². The van der Waals surface area contributed by atoms with E-state index in [9.17, 15) is 4.79 Å². The maximum absolute atomic E-state index is 11.8. The molecule has 0 saturated heterocycles. The predicted molar refractivity (Wildman–Crippen MR) is 78.3 cm³/mol. The number of aromatic nitrogens is 1. The van der Waals surface area contributed by atoms with E-state index in [2.05, 4.69) is 41.5 Å². The van der Waals surface area contributed by atoms with Crippen molar-refractivity contribution in [1.29, 1.82) is 0 Å². The number of hydrogen-bond donors (Lipinski definition) is 1. The molecule has 4 heteroatoms. The van der Waals surface area contributed by atoms with Crippen LogP contribution in [0.3, 0.4) is 0 Å². The van der Waals surface area contributed by atoms with E-state index >= 15 is 0 Å². The smallest absolute Gasteiger partial charge is 0.229 e. The van der Waals surface area contributed by atoms with Crippen molar-refractivity contribution in [2.45, 2.75) is 26.2 Å². The molecule has 1 aromatic heterocycles. The molecular formula is C15H16N2OS. The molecule has 0 unspecified atom stereocenters. The third kappa shape index (κ3) is 2.68. The number of rotatable bonds is 3. The Balaban J connectivity index is 1.72. The molecule has 1 fully saturated rings. The maximum atomic E-state index is 11.8. The fourth-order valence-electron chi connectivity index (χ4n) is 2.07. The molecule has 19 heavy (non-hydrogen) atoms. The van der Waals surface area contributed by atoms with E-state index in [0.717, 1.165) is 24.1 Å². The van der Waals surface area contributed by atoms with E-state index in [1.807, 2.05) is 5.38 Å². The number of nitrogens with one attached hydrogen (secondary N) is 1. The standard InChI is InChI=1S/C15H16N2OS/c1-10-5-7-11(8-6-10)13-9-19-15(16-13)17-14(18)12-3-2-4-12/h5-9,12H,2-4H2,1H3,(H,16,17,18). The number of benzene rings is 1. The highest BCUT2D eigenvalue weighted by atomic mass is 32.1. The van der Waals surface area contributed by atoms with Gasteiger partial charge < -0.3 is 5.32 Å². The molecular weight excluding hydrogens is 256 g/mol. The van der Waals surface area contributed by atoms with Crippen molar-refractivity contribution >= 4 is 22.4 Å². The monoisotopic (exact) mass is 272 g/mol. The first kappa shape index (κ1) is 12.4. The first-order valence-corrected chi connectivity index (χ1v) is 7.44. The van der Waals surface area contributed by atoms with Gasteiger partial charge in [-0.2, -0.15) is 0 Å². The topological polar surface area (TPSA) is 42.0 Å². The molecule has 1 aliphatic rings. The van der Waals surface area contributed by atoms with Gasteiger partial charge in [-0.3, -0.25) is 4.79 Å². The highest BCUT2D eigenvalue weighted by molar-refractivity contribution is 7.14. The number of hydrogen-bond acceptors (Lipinski definition) is 3. The summed E-state index contributed by atoms with van der Waals surface area (Å²) in [4.78, 5) is 16.3. The lowest BCUT2D eigenvalue weighted by atomic mass is 9.85. The molecule has 3 nitrogen and oxygen atoms in total. The Labute approximate surface area is 116 Å². The second-order valence-corrected chi connectivity index (χ2v) is 5.88. The van der Waals surface area contributed by atoms with Crippen LogP contribution in [-0.2, 0) is 4.79 Å². The number of carbonyl (C=O) groups excluding carboxylic acids is 1. The molecule has 98 valence electrons. The maximum Gasteiger partial charge on any atom is 0.229 e. The lowest BCUT2D eigenvalue weighted by molar-refractivity contribution is -0.122. The van der Waals surface area contributed by atoms with Gasteiger partial charge in [0.05, 0.1) is 5.69 Å². The third-order valence-electron chi connectivity index (χ3n) is 3.56. The third-order valence-corrected chi connectivity index (χ3v) is 4.32. The number of amides is 1. The number of carbonyl (C=O) groups is 1. The zero-order chi connectivity index (χ0) is 13.2. The quantitative estimate of drug-likeness (QED) is 0.922. The van der Waals surface area contributed by atoms with Crippen LogP contribution in [0.15, 0.2) is 29.6 Å². The van der Waals surface area contributed by atoms with Gasteiger partial charge in [0.15, 0.2) is 5.13 Å². The molecule has 1 aliphatic carbocycles. The molecule has 2 aromatic rings. The van der Waals surface area contributed by atoms with Crippen LogP contribution in [0.5, 0.6) is 0 Å². The molecule has 0 aliphatic heterocycles. The number of thiazole rings is 1. The van der Waals surface area contributed by atoms with Crippen LogP contribution in [-0.4, -0.2) is 10.9 Å². The summed E-state index contributed by atoms with van der Waals surface area (Å²) in [5.41, 5.74) is 3.25. The summed E-state index contributed by atoms with van der Waals surface area (Å²) in [5, 5.41) is 5.60. The fraction of sp³-hybridized carbons (Fsp3) is 0.333. The Morgan fingerprint density at radius 1 is 1.32 bits per heavy atom. The fourth-order valence-corrected chi connectivity index (χ4v) is 2.79.